The number of anilines is 1. The topological polar surface area (TPSA) is 79.6 Å². The number of amides is 1. The van der Waals surface area contributed by atoms with Crippen molar-refractivity contribution in [2.45, 2.75) is 38.8 Å². The Bertz CT molecular complexity index is 875. The Morgan fingerprint density at radius 2 is 2.04 bits per heavy atom. The average Bonchev–Trinajstić information content (AvgIpc) is 3.23. The van der Waals surface area contributed by atoms with Crippen molar-refractivity contribution in [3.05, 3.63) is 54.0 Å². The van der Waals surface area contributed by atoms with E-state index in [9.17, 15) is 13.2 Å². The van der Waals surface area contributed by atoms with Crippen molar-refractivity contribution in [1.82, 2.24) is 4.90 Å². The average molecular weight is 391 g/mol. The highest BCUT2D eigenvalue weighted by atomic mass is 32.2. The molecule has 1 fully saturated rings. The molecule has 27 heavy (non-hydrogen) atoms. The molecule has 0 aliphatic carbocycles. The van der Waals surface area contributed by atoms with Gasteiger partial charge in [-0.25, -0.2) is 8.42 Å². The van der Waals surface area contributed by atoms with Crippen molar-refractivity contribution in [3.8, 4) is 0 Å². The number of rotatable bonds is 7. The number of sulfone groups is 1. The number of nitrogens with zero attached hydrogens (tertiary/aromatic N) is 1. The summed E-state index contributed by atoms with van der Waals surface area (Å²) < 4.78 is 29.2. The minimum absolute atomic E-state index is 0.0869. The van der Waals surface area contributed by atoms with Crippen LogP contribution in [-0.4, -0.2) is 43.3 Å². The van der Waals surface area contributed by atoms with Crippen LogP contribution in [-0.2, 0) is 21.2 Å². The van der Waals surface area contributed by atoms with Crippen LogP contribution in [0.25, 0.3) is 0 Å². The number of furan rings is 1. The Hall–Kier alpha value is -2.12. The zero-order valence-corrected chi connectivity index (χ0v) is 16.5. The minimum atomic E-state index is -3.04. The molecule has 7 heteroatoms. The molecular formula is C20H26N2O4S. The van der Waals surface area contributed by atoms with Crippen molar-refractivity contribution in [3.63, 3.8) is 0 Å². The summed E-state index contributed by atoms with van der Waals surface area (Å²) >= 11 is 0. The minimum Gasteiger partial charge on any atom is -0.468 e. The number of benzene rings is 1. The van der Waals surface area contributed by atoms with Gasteiger partial charge < -0.3 is 9.73 Å². The van der Waals surface area contributed by atoms with Crippen LogP contribution in [0.4, 0.5) is 5.69 Å². The molecule has 1 aromatic heterocycles. The summed E-state index contributed by atoms with van der Waals surface area (Å²) in [6.07, 6.45) is 2.12. The van der Waals surface area contributed by atoms with Crippen LogP contribution in [0.3, 0.4) is 0 Å². The van der Waals surface area contributed by atoms with Gasteiger partial charge in [-0.05, 0) is 36.1 Å². The van der Waals surface area contributed by atoms with Crippen LogP contribution in [0.5, 0.6) is 0 Å². The number of nitrogens with one attached hydrogen (secondary N) is 1. The molecule has 0 saturated carbocycles. The van der Waals surface area contributed by atoms with Crippen LogP contribution in [0.2, 0.25) is 0 Å². The highest BCUT2D eigenvalue weighted by molar-refractivity contribution is 7.91. The lowest BCUT2D eigenvalue weighted by atomic mass is 10.0. The molecule has 1 atom stereocenters. The van der Waals surface area contributed by atoms with E-state index in [1.165, 1.54) is 0 Å². The van der Waals surface area contributed by atoms with E-state index in [1.807, 2.05) is 35.2 Å². The van der Waals surface area contributed by atoms with Gasteiger partial charge in [0.2, 0.25) is 5.91 Å². The number of carbonyl (C=O) groups is 1. The van der Waals surface area contributed by atoms with Gasteiger partial charge in [0.25, 0.3) is 0 Å². The summed E-state index contributed by atoms with van der Waals surface area (Å²) in [6.45, 7) is 4.69. The zero-order chi connectivity index (χ0) is 19.4. The Kier molecular flexibility index (Phi) is 6.01. The second-order valence-electron chi connectivity index (χ2n) is 7.33. The Morgan fingerprint density at radius 1 is 1.26 bits per heavy atom. The van der Waals surface area contributed by atoms with Crippen molar-refractivity contribution < 1.29 is 17.6 Å². The van der Waals surface area contributed by atoms with Crippen LogP contribution in [0, 0.1) is 0 Å². The summed E-state index contributed by atoms with van der Waals surface area (Å²) in [5, 5.41) is 2.99. The van der Waals surface area contributed by atoms with E-state index in [1.54, 1.807) is 12.3 Å². The van der Waals surface area contributed by atoms with Crippen LogP contribution in [0.15, 0.2) is 47.1 Å². The number of carbonyl (C=O) groups excluding carboxylic acids is 1. The smallest absolute Gasteiger partial charge is 0.238 e. The second kappa shape index (κ2) is 8.27. The third kappa shape index (κ3) is 5.20. The fraction of sp³-hybridized carbons (Fsp3) is 0.450. The van der Waals surface area contributed by atoms with E-state index in [0.717, 1.165) is 17.0 Å². The molecule has 1 aromatic carbocycles. The van der Waals surface area contributed by atoms with Gasteiger partial charge in [-0.3, -0.25) is 9.69 Å². The fourth-order valence-corrected chi connectivity index (χ4v) is 5.23. The molecule has 3 rings (SSSR count). The fourth-order valence-electron chi connectivity index (χ4n) is 3.47. The van der Waals surface area contributed by atoms with E-state index < -0.39 is 9.84 Å². The molecule has 1 aliphatic rings. The Labute approximate surface area is 160 Å². The van der Waals surface area contributed by atoms with Crippen molar-refractivity contribution in [2.24, 2.45) is 0 Å². The maximum absolute atomic E-state index is 12.7. The molecule has 1 aliphatic heterocycles. The molecular weight excluding hydrogens is 364 g/mol. The van der Waals surface area contributed by atoms with Crippen molar-refractivity contribution in [2.75, 3.05) is 23.4 Å². The molecule has 0 radical (unpaired) electrons. The largest absolute Gasteiger partial charge is 0.468 e. The van der Waals surface area contributed by atoms with Gasteiger partial charge in [0, 0.05) is 11.7 Å². The summed E-state index contributed by atoms with van der Waals surface area (Å²) in [6, 6.07) is 11.2. The molecule has 1 N–H and O–H groups in total. The lowest BCUT2D eigenvalue weighted by Crippen LogP contribution is -2.41. The quantitative estimate of drug-likeness (QED) is 0.786. The normalized spacial score (nSPS) is 18.9. The number of para-hydroxylation sites is 1. The molecule has 2 aromatic rings. The first-order chi connectivity index (χ1) is 12.8. The first-order valence-corrected chi connectivity index (χ1v) is 11.0. The van der Waals surface area contributed by atoms with E-state index in [0.29, 0.717) is 18.9 Å². The summed E-state index contributed by atoms with van der Waals surface area (Å²) in [5.74, 6) is 1.11. The maximum atomic E-state index is 12.7. The van der Waals surface area contributed by atoms with Crippen LogP contribution < -0.4 is 5.32 Å². The SMILES string of the molecule is CC(C)c1ccccc1NC(=O)CN(Cc1ccco1)C1CCS(=O)(=O)C1. The highest BCUT2D eigenvalue weighted by Gasteiger charge is 2.33. The predicted octanol–water partition coefficient (Wildman–Crippen LogP) is 3.03. The number of hydrogen-bond acceptors (Lipinski definition) is 5. The summed E-state index contributed by atoms with van der Waals surface area (Å²) in [4.78, 5) is 14.6. The molecule has 2 heterocycles. The lowest BCUT2D eigenvalue weighted by Gasteiger charge is -2.26. The Balaban J connectivity index is 1.72. The first-order valence-electron chi connectivity index (χ1n) is 9.19. The van der Waals surface area contributed by atoms with Gasteiger partial charge >= 0.3 is 0 Å². The van der Waals surface area contributed by atoms with Crippen molar-refractivity contribution >= 4 is 21.4 Å². The van der Waals surface area contributed by atoms with E-state index in [-0.39, 0.29) is 30.0 Å². The van der Waals surface area contributed by atoms with Gasteiger partial charge in [-0.2, -0.15) is 0 Å². The Morgan fingerprint density at radius 3 is 2.67 bits per heavy atom. The lowest BCUT2D eigenvalue weighted by molar-refractivity contribution is -0.118. The molecule has 146 valence electrons. The highest BCUT2D eigenvalue weighted by Crippen LogP contribution is 2.24. The van der Waals surface area contributed by atoms with Gasteiger partial charge in [0.05, 0.1) is 30.9 Å². The summed E-state index contributed by atoms with van der Waals surface area (Å²) in [7, 11) is -3.04. The van der Waals surface area contributed by atoms with Gasteiger partial charge in [0.1, 0.15) is 5.76 Å². The molecule has 1 saturated heterocycles. The zero-order valence-electron chi connectivity index (χ0n) is 15.7. The van der Waals surface area contributed by atoms with E-state index in [2.05, 4.69) is 19.2 Å². The molecule has 6 nitrogen and oxygen atoms in total. The predicted molar refractivity (Wildman–Crippen MR) is 105 cm³/mol. The molecule has 0 bridgehead atoms. The molecule has 0 spiro atoms. The number of hydrogen-bond donors (Lipinski definition) is 1. The third-order valence-electron chi connectivity index (χ3n) is 4.87. The second-order valence-corrected chi connectivity index (χ2v) is 9.56. The van der Waals surface area contributed by atoms with Crippen molar-refractivity contribution in [1.29, 1.82) is 0 Å². The summed E-state index contributed by atoms with van der Waals surface area (Å²) in [5.41, 5.74) is 1.88. The van der Waals surface area contributed by atoms with Crippen LogP contribution >= 0.6 is 0 Å². The monoisotopic (exact) mass is 390 g/mol. The van der Waals surface area contributed by atoms with E-state index in [4.69, 9.17) is 4.42 Å². The van der Waals surface area contributed by atoms with Gasteiger partial charge in [0.15, 0.2) is 9.84 Å². The third-order valence-corrected chi connectivity index (χ3v) is 6.62. The first kappa shape index (κ1) is 19.6. The molecule has 1 unspecified atom stereocenters. The molecule has 1 amide bonds. The maximum Gasteiger partial charge on any atom is 0.238 e. The van der Waals surface area contributed by atoms with Crippen LogP contribution in [0.1, 0.15) is 37.5 Å². The van der Waals surface area contributed by atoms with Gasteiger partial charge in [-0.1, -0.05) is 32.0 Å². The standard InChI is InChI=1S/C20H26N2O4S/c1-15(2)18-7-3-4-8-19(18)21-20(23)13-22(12-17-6-5-10-26-17)16-9-11-27(24,25)14-16/h3-8,10,15-16H,9,11-14H2,1-2H3,(H,21,23). The van der Waals surface area contributed by atoms with Gasteiger partial charge in [-0.15, -0.1) is 0 Å². The van der Waals surface area contributed by atoms with E-state index >= 15 is 0 Å².